The molecule has 0 bridgehead atoms. The first-order valence-electron chi connectivity index (χ1n) is 6.60. The fraction of sp³-hybridized carbons (Fsp3) is 0.692. The van der Waals surface area contributed by atoms with Crippen LogP contribution in [0.5, 0.6) is 0 Å². The van der Waals surface area contributed by atoms with E-state index in [0.29, 0.717) is 6.54 Å². The molecule has 0 aromatic carbocycles. The van der Waals surface area contributed by atoms with Gasteiger partial charge in [-0.1, -0.05) is 13.8 Å². The molecule has 5 nitrogen and oxygen atoms in total. The molecular formula is C13H24N4O. The van der Waals surface area contributed by atoms with Gasteiger partial charge >= 0.3 is 0 Å². The van der Waals surface area contributed by atoms with Crippen LogP contribution in [0.1, 0.15) is 32.5 Å². The Balaban J connectivity index is 2.39. The Bertz CT molecular complexity index is 371. The minimum atomic E-state index is -0.253. The van der Waals surface area contributed by atoms with Crippen molar-refractivity contribution in [3.05, 3.63) is 18.0 Å². The Morgan fingerprint density at radius 2 is 2.17 bits per heavy atom. The summed E-state index contributed by atoms with van der Waals surface area (Å²) in [4.78, 5) is 14.2. The zero-order valence-corrected chi connectivity index (χ0v) is 11.8. The molecule has 0 saturated carbocycles. The van der Waals surface area contributed by atoms with Crippen molar-refractivity contribution in [2.24, 2.45) is 0 Å². The molecule has 0 aliphatic carbocycles. The summed E-state index contributed by atoms with van der Waals surface area (Å²) in [6.45, 7) is 11.7. The van der Waals surface area contributed by atoms with Crippen LogP contribution < -0.4 is 5.32 Å². The molecule has 1 N–H and O–H groups in total. The highest BCUT2D eigenvalue weighted by atomic mass is 16.2. The summed E-state index contributed by atoms with van der Waals surface area (Å²) < 4.78 is 1.74. The van der Waals surface area contributed by atoms with Crippen molar-refractivity contribution >= 4 is 5.91 Å². The maximum Gasteiger partial charge on any atom is 0.244 e. The van der Waals surface area contributed by atoms with Gasteiger partial charge in [0.05, 0.1) is 0 Å². The van der Waals surface area contributed by atoms with Gasteiger partial charge < -0.3 is 10.2 Å². The van der Waals surface area contributed by atoms with Gasteiger partial charge in [0.15, 0.2) is 0 Å². The molecule has 1 aromatic heterocycles. The van der Waals surface area contributed by atoms with Crippen molar-refractivity contribution in [1.82, 2.24) is 20.0 Å². The number of likely N-dealkylation sites (N-methyl/N-ethyl adjacent to an activating group) is 1. The van der Waals surface area contributed by atoms with Crippen molar-refractivity contribution in [3.8, 4) is 0 Å². The van der Waals surface area contributed by atoms with E-state index in [1.807, 2.05) is 19.9 Å². The number of carbonyl (C=O) groups is 1. The zero-order valence-electron chi connectivity index (χ0n) is 11.8. The normalized spacial score (nSPS) is 12.7. The molecule has 0 spiro atoms. The lowest BCUT2D eigenvalue weighted by Gasteiger charge is -2.19. The fourth-order valence-corrected chi connectivity index (χ4v) is 1.92. The summed E-state index contributed by atoms with van der Waals surface area (Å²) >= 11 is 0. The molecule has 1 heterocycles. The summed E-state index contributed by atoms with van der Waals surface area (Å²) in [6, 6.07) is 1.65. The van der Waals surface area contributed by atoms with Crippen LogP contribution in [0, 0.1) is 6.92 Å². The van der Waals surface area contributed by atoms with Crippen LogP contribution in [0.4, 0.5) is 0 Å². The molecule has 102 valence electrons. The van der Waals surface area contributed by atoms with Crippen LogP contribution >= 0.6 is 0 Å². The van der Waals surface area contributed by atoms with Gasteiger partial charge in [-0.3, -0.25) is 9.48 Å². The molecule has 1 aromatic rings. The van der Waals surface area contributed by atoms with Gasteiger partial charge in [-0.2, -0.15) is 5.10 Å². The third-order valence-corrected chi connectivity index (χ3v) is 3.24. The van der Waals surface area contributed by atoms with E-state index < -0.39 is 0 Å². The van der Waals surface area contributed by atoms with E-state index in [4.69, 9.17) is 0 Å². The van der Waals surface area contributed by atoms with E-state index in [1.54, 1.807) is 10.9 Å². The minimum Gasteiger partial charge on any atom is -0.353 e. The minimum absolute atomic E-state index is 0.0222. The van der Waals surface area contributed by atoms with Gasteiger partial charge in [-0.25, -0.2) is 0 Å². The number of aromatic nitrogens is 2. The van der Waals surface area contributed by atoms with E-state index in [9.17, 15) is 4.79 Å². The zero-order chi connectivity index (χ0) is 13.5. The maximum atomic E-state index is 12.0. The largest absolute Gasteiger partial charge is 0.353 e. The van der Waals surface area contributed by atoms with Crippen LogP contribution in [0.25, 0.3) is 0 Å². The highest BCUT2D eigenvalue weighted by molar-refractivity contribution is 5.79. The number of aryl methyl sites for hydroxylation is 1. The summed E-state index contributed by atoms with van der Waals surface area (Å²) in [6.07, 6.45) is 1.72. The monoisotopic (exact) mass is 252 g/mol. The average Bonchev–Trinajstić information content (AvgIpc) is 2.79. The van der Waals surface area contributed by atoms with Crippen LogP contribution in [0.15, 0.2) is 12.3 Å². The van der Waals surface area contributed by atoms with Gasteiger partial charge in [-0.05, 0) is 33.0 Å². The molecule has 5 heteroatoms. The van der Waals surface area contributed by atoms with Crippen molar-refractivity contribution in [1.29, 1.82) is 0 Å². The molecule has 1 rings (SSSR count). The first kappa shape index (κ1) is 14.7. The van der Waals surface area contributed by atoms with Gasteiger partial charge in [0.1, 0.15) is 6.04 Å². The lowest BCUT2D eigenvalue weighted by Crippen LogP contribution is -2.38. The highest BCUT2D eigenvalue weighted by Gasteiger charge is 2.16. The van der Waals surface area contributed by atoms with Gasteiger partial charge in [-0.15, -0.1) is 0 Å². The molecule has 1 unspecified atom stereocenters. The predicted octanol–water partition coefficient (Wildman–Crippen LogP) is 1.21. The Hall–Kier alpha value is -1.36. The van der Waals surface area contributed by atoms with E-state index in [-0.39, 0.29) is 11.9 Å². The molecule has 0 aliphatic heterocycles. The smallest absolute Gasteiger partial charge is 0.244 e. The number of hydrogen-bond donors (Lipinski definition) is 1. The van der Waals surface area contributed by atoms with Gasteiger partial charge in [0, 0.05) is 25.0 Å². The van der Waals surface area contributed by atoms with Crippen molar-refractivity contribution in [2.75, 3.05) is 26.2 Å². The maximum absolute atomic E-state index is 12.0. The SMILES string of the molecule is CCN(CC)CCNC(=O)C(C)n1nccc1C. The van der Waals surface area contributed by atoms with Gasteiger partial charge in [0.2, 0.25) is 5.91 Å². The van der Waals surface area contributed by atoms with Crippen LogP contribution in [0.2, 0.25) is 0 Å². The summed E-state index contributed by atoms with van der Waals surface area (Å²) in [5, 5.41) is 7.11. The third kappa shape index (κ3) is 3.84. The number of amides is 1. The Labute approximate surface area is 109 Å². The van der Waals surface area contributed by atoms with E-state index in [0.717, 1.165) is 25.3 Å². The summed E-state index contributed by atoms with van der Waals surface area (Å²) in [5.41, 5.74) is 1.00. The van der Waals surface area contributed by atoms with Crippen molar-refractivity contribution in [2.45, 2.75) is 33.7 Å². The number of nitrogens with zero attached hydrogens (tertiary/aromatic N) is 3. The summed E-state index contributed by atoms with van der Waals surface area (Å²) in [5.74, 6) is 0.0222. The lowest BCUT2D eigenvalue weighted by molar-refractivity contribution is -0.124. The Morgan fingerprint density at radius 1 is 1.50 bits per heavy atom. The predicted molar refractivity (Wildman–Crippen MR) is 72.5 cm³/mol. The van der Waals surface area contributed by atoms with E-state index in [2.05, 4.69) is 29.2 Å². The average molecular weight is 252 g/mol. The standard InChI is InChI=1S/C13H24N4O/c1-5-16(6-2)10-9-14-13(18)12(4)17-11(3)7-8-15-17/h7-8,12H,5-6,9-10H2,1-4H3,(H,14,18). The topological polar surface area (TPSA) is 50.2 Å². The molecule has 0 aliphatic rings. The Kier molecular flexibility index (Phi) is 5.85. The molecule has 0 radical (unpaired) electrons. The molecule has 0 fully saturated rings. The number of carbonyl (C=O) groups excluding carboxylic acids is 1. The number of rotatable bonds is 7. The molecular weight excluding hydrogens is 228 g/mol. The summed E-state index contributed by atoms with van der Waals surface area (Å²) in [7, 11) is 0. The second-order valence-corrected chi connectivity index (χ2v) is 4.41. The van der Waals surface area contributed by atoms with Crippen molar-refractivity contribution in [3.63, 3.8) is 0 Å². The van der Waals surface area contributed by atoms with Crippen molar-refractivity contribution < 1.29 is 4.79 Å². The highest BCUT2D eigenvalue weighted by Crippen LogP contribution is 2.07. The number of hydrogen-bond acceptors (Lipinski definition) is 3. The second-order valence-electron chi connectivity index (χ2n) is 4.41. The second kappa shape index (κ2) is 7.16. The van der Waals surface area contributed by atoms with E-state index in [1.165, 1.54) is 0 Å². The van der Waals surface area contributed by atoms with Gasteiger partial charge in [0.25, 0.3) is 0 Å². The Morgan fingerprint density at radius 3 is 2.67 bits per heavy atom. The number of nitrogens with one attached hydrogen (secondary N) is 1. The fourth-order valence-electron chi connectivity index (χ4n) is 1.92. The van der Waals surface area contributed by atoms with Crippen LogP contribution in [-0.4, -0.2) is 46.8 Å². The van der Waals surface area contributed by atoms with Crippen LogP contribution in [-0.2, 0) is 4.79 Å². The molecule has 1 amide bonds. The lowest BCUT2D eigenvalue weighted by atomic mass is 10.3. The first-order chi connectivity index (χ1) is 8.60. The first-order valence-corrected chi connectivity index (χ1v) is 6.60. The molecule has 1 atom stereocenters. The van der Waals surface area contributed by atoms with Crippen LogP contribution in [0.3, 0.4) is 0 Å². The quantitative estimate of drug-likeness (QED) is 0.793. The molecule has 18 heavy (non-hydrogen) atoms. The van der Waals surface area contributed by atoms with E-state index >= 15 is 0 Å². The third-order valence-electron chi connectivity index (χ3n) is 3.24. The molecule has 0 saturated heterocycles.